The Balaban J connectivity index is 2.09. The van der Waals surface area contributed by atoms with Gasteiger partial charge in [0.25, 0.3) is 0 Å². The SMILES string of the molecule is CO/C(=C1\NC(=O)[C@@H](Cc2ccc(O)c(Br)c2)N(C)C(=O)[C@H](C)NC(=O)CCC/C=C(/C)CC[C@H](C)OC1=O)c1ccccc1. The molecule has 3 N–H and O–H groups in total. The number of hydrogen-bond donors (Lipinski definition) is 3. The second kappa shape index (κ2) is 16.8. The number of phenols is 1. The number of methoxy groups -OCH3 is 1. The van der Waals surface area contributed by atoms with Crippen LogP contribution >= 0.6 is 15.9 Å². The first-order valence-electron chi connectivity index (χ1n) is 15.0. The van der Waals surface area contributed by atoms with E-state index in [9.17, 15) is 24.3 Å². The Morgan fingerprint density at radius 1 is 1.09 bits per heavy atom. The minimum absolute atomic E-state index is 0.0181. The fourth-order valence-electron chi connectivity index (χ4n) is 4.95. The summed E-state index contributed by atoms with van der Waals surface area (Å²) in [5.41, 5.74) is 2.08. The fourth-order valence-corrected chi connectivity index (χ4v) is 5.37. The third kappa shape index (κ3) is 10.2. The number of nitrogens with one attached hydrogen (secondary N) is 2. The lowest BCUT2D eigenvalue weighted by Gasteiger charge is -2.30. The van der Waals surface area contributed by atoms with E-state index in [1.165, 1.54) is 25.1 Å². The Morgan fingerprint density at radius 3 is 2.47 bits per heavy atom. The Morgan fingerprint density at radius 2 is 1.80 bits per heavy atom. The Kier molecular flexibility index (Phi) is 13.2. The first-order chi connectivity index (χ1) is 21.4. The van der Waals surface area contributed by atoms with Crippen molar-refractivity contribution in [2.45, 2.75) is 77.5 Å². The van der Waals surface area contributed by atoms with Crippen LogP contribution in [-0.2, 0) is 35.1 Å². The van der Waals surface area contributed by atoms with Gasteiger partial charge >= 0.3 is 5.97 Å². The molecule has 3 amide bonds. The van der Waals surface area contributed by atoms with Gasteiger partial charge in [0.05, 0.1) is 17.7 Å². The molecule has 0 aliphatic carbocycles. The molecule has 3 rings (SSSR count). The fraction of sp³-hybridized carbons (Fsp3) is 0.412. The van der Waals surface area contributed by atoms with E-state index >= 15 is 0 Å². The van der Waals surface area contributed by atoms with Crippen LogP contribution < -0.4 is 10.6 Å². The second-order valence-electron chi connectivity index (χ2n) is 11.2. The predicted molar refractivity (Wildman–Crippen MR) is 175 cm³/mol. The minimum atomic E-state index is -1.13. The van der Waals surface area contributed by atoms with Crippen molar-refractivity contribution in [1.29, 1.82) is 0 Å². The summed E-state index contributed by atoms with van der Waals surface area (Å²) < 4.78 is 11.9. The van der Waals surface area contributed by atoms with Crippen molar-refractivity contribution in [3.8, 4) is 5.75 Å². The van der Waals surface area contributed by atoms with E-state index in [0.29, 0.717) is 41.3 Å². The minimum Gasteiger partial charge on any atom is -0.507 e. The lowest BCUT2D eigenvalue weighted by atomic mass is 10.0. The highest BCUT2D eigenvalue weighted by Gasteiger charge is 2.33. The molecule has 0 radical (unpaired) electrons. The molecule has 3 atom stereocenters. The zero-order valence-electron chi connectivity index (χ0n) is 26.4. The van der Waals surface area contributed by atoms with Gasteiger partial charge in [0.15, 0.2) is 11.5 Å². The van der Waals surface area contributed by atoms with Crippen LogP contribution in [0.4, 0.5) is 0 Å². The molecule has 0 unspecified atom stereocenters. The monoisotopic (exact) mass is 683 g/mol. The molecule has 0 saturated heterocycles. The van der Waals surface area contributed by atoms with Crippen LogP contribution in [-0.4, -0.2) is 66.0 Å². The van der Waals surface area contributed by atoms with Crippen LogP contribution in [0.25, 0.3) is 5.76 Å². The van der Waals surface area contributed by atoms with E-state index in [-0.39, 0.29) is 36.0 Å². The first-order valence-corrected chi connectivity index (χ1v) is 15.7. The maximum Gasteiger partial charge on any atom is 0.359 e. The number of nitrogens with zero attached hydrogens (tertiary/aromatic N) is 1. The summed E-state index contributed by atoms with van der Waals surface area (Å²) >= 11 is 3.30. The number of esters is 1. The number of likely N-dealkylation sites (N-methyl/N-ethyl adjacent to an activating group) is 1. The number of amides is 3. The van der Waals surface area contributed by atoms with Crippen molar-refractivity contribution in [3.05, 3.63) is 81.5 Å². The largest absolute Gasteiger partial charge is 0.507 e. The number of carbonyl (C=O) groups excluding carboxylic acids is 4. The van der Waals surface area contributed by atoms with E-state index in [1.807, 2.05) is 13.0 Å². The molecular weight excluding hydrogens is 642 g/mol. The topological polar surface area (TPSA) is 134 Å². The molecule has 242 valence electrons. The summed E-state index contributed by atoms with van der Waals surface area (Å²) in [4.78, 5) is 55.3. The highest BCUT2D eigenvalue weighted by Crippen LogP contribution is 2.26. The van der Waals surface area contributed by atoms with Crippen LogP contribution in [0.2, 0.25) is 0 Å². The summed E-state index contributed by atoms with van der Waals surface area (Å²) in [6.45, 7) is 5.34. The molecule has 0 aromatic heterocycles. The molecule has 2 aromatic rings. The lowest BCUT2D eigenvalue weighted by Crippen LogP contribution is -2.54. The smallest absolute Gasteiger partial charge is 0.359 e. The standard InChI is InChI=1S/C34H42BrN3O7/c1-21-11-9-10-14-29(40)36-23(3)33(42)38(4)27(20-24-17-18-28(39)26(35)19-24)32(41)37-30(34(43)45-22(2)16-15-21)31(44-5)25-12-7-6-8-13-25/h6-8,11-13,17-19,22-23,27,39H,9-10,14-16,20H2,1-5H3,(H,36,40)(H,37,41)/b21-11-,31-30-/t22-,23-,27+/m0/s1. The van der Waals surface area contributed by atoms with E-state index in [4.69, 9.17) is 9.47 Å². The maximum absolute atomic E-state index is 14.1. The van der Waals surface area contributed by atoms with E-state index in [2.05, 4.69) is 32.6 Å². The van der Waals surface area contributed by atoms with Crippen LogP contribution in [0, 0.1) is 0 Å². The third-order valence-electron chi connectivity index (χ3n) is 7.58. The number of allylic oxidation sites excluding steroid dienone is 2. The van der Waals surface area contributed by atoms with Gasteiger partial charge in [-0.15, -0.1) is 0 Å². The van der Waals surface area contributed by atoms with Gasteiger partial charge in [0.2, 0.25) is 17.7 Å². The Hall–Kier alpha value is -4.12. The number of hydrogen-bond acceptors (Lipinski definition) is 7. The van der Waals surface area contributed by atoms with Crippen molar-refractivity contribution in [2.75, 3.05) is 14.2 Å². The van der Waals surface area contributed by atoms with Crippen LogP contribution in [0.15, 0.2) is 70.3 Å². The van der Waals surface area contributed by atoms with Gasteiger partial charge in [-0.2, -0.15) is 0 Å². The first kappa shape index (κ1) is 35.4. The lowest BCUT2D eigenvalue weighted by molar-refractivity contribution is -0.146. The average Bonchev–Trinajstić information content (AvgIpc) is 3.01. The van der Waals surface area contributed by atoms with Crippen molar-refractivity contribution in [3.63, 3.8) is 0 Å². The molecule has 0 spiro atoms. The van der Waals surface area contributed by atoms with Crippen molar-refractivity contribution >= 4 is 45.4 Å². The quantitative estimate of drug-likeness (QED) is 0.179. The van der Waals surface area contributed by atoms with E-state index in [1.54, 1.807) is 50.2 Å². The molecule has 0 saturated carbocycles. The molecule has 1 aliphatic heterocycles. The van der Waals surface area contributed by atoms with E-state index < -0.39 is 36.0 Å². The molecule has 0 bridgehead atoms. The van der Waals surface area contributed by atoms with E-state index in [0.717, 1.165) is 5.57 Å². The zero-order chi connectivity index (χ0) is 33.1. The summed E-state index contributed by atoms with van der Waals surface area (Å²) in [5.74, 6) is -2.09. The molecule has 1 aliphatic rings. The van der Waals surface area contributed by atoms with Gasteiger partial charge in [0, 0.05) is 25.5 Å². The van der Waals surface area contributed by atoms with Crippen molar-refractivity contribution < 1.29 is 33.8 Å². The number of halogens is 1. The van der Waals surface area contributed by atoms with Gasteiger partial charge < -0.3 is 30.1 Å². The number of aromatic hydroxyl groups is 1. The third-order valence-corrected chi connectivity index (χ3v) is 8.22. The van der Waals surface area contributed by atoms with Crippen molar-refractivity contribution in [2.24, 2.45) is 0 Å². The number of phenolic OH excluding ortho intramolecular Hbond substituents is 1. The number of carbonyl (C=O) groups is 4. The van der Waals surface area contributed by atoms with Gasteiger partial charge in [-0.25, -0.2) is 4.79 Å². The number of cyclic esters (lactones) is 1. The van der Waals surface area contributed by atoms with Gasteiger partial charge in [-0.05, 0) is 80.1 Å². The summed E-state index contributed by atoms with van der Waals surface area (Å²) in [6, 6.07) is 11.6. The van der Waals surface area contributed by atoms with Gasteiger partial charge in [0.1, 0.15) is 17.8 Å². The number of benzene rings is 2. The van der Waals surface area contributed by atoms with Crippen LogP contribution in [0.1, 0.15) is 64.0 Å². The average molecular weight is 685 g/mol. The molecule has 45 heavy (non-hydrogen) atoms. The summed E-state index contributed by atoms with van der Waals surface area (Å²) in [6.07, 6.45) is 4.40. The molecule has 10 nitrogen and oxygen atoms in total. The summed E-state index contributed by atoms with van der Waals surface area (Å²) in [5, 5.41) is 15.5. The maximum atomic E-state index is 14.1. The number of rotatable bonds is 4. The normalized spacial score (nSPS) is 23.7. The zero-order valence-corrected chi connectivity index (χ0v) is 28.0. The highest BCUT2D eigenvalue weighted by molar-refractivity contribution is 9.10. The molecule has 0 fully saturated rings. The molecular formula is C34H42BrN3O7. The van der Waals surface area contributed by atoms with Crippen molar-refractivity contribution in [1.82, 2.24) is 15.5 Å². The predicted octanol–water partition coefficient (Wildman–Crippen LogP) is 5.00. The summed E-state index contributed by atoms with van der Waals surface area (Å²) in [7, 11) is 2.87. The highest BCUT2D eigenvalue weighted by atomic mass is 79.9. The van der Waals surface area contributed by atoms with Gasteiger partial charge in [-0.3, -0.25) is 14.4 Å². The molecule has 1 heterocycles. The van der Waals surface area contributed by atoms with Crippen LogP contribution in [0.3, 0.4) is 0 Å². The Labute approximate surface area is 273 Å². The van der Waals surface area contributed by atoms with Crippen LogP contribution in [0.5, 0.6) is 5.75 Å². The molecule has 11 heteroatoms. The molecule has 2 aromatic carbocycles. The van der Waals surface area contributed by atoms with Gasteiger partial charge in [-0.1, -0.05) is 48.0 Å². The Bertz CT molecular complexity index is 1440. The number of ether oxygens (including phenoxy) is 2. The second-order valence-corrected chi connectivity index (χ2v) is 12.1.